The van der Waals surface area contributed by atoms with Gasteiger partial charge in [-0.25, -0.2) is 0 Å². The van der Waals surface area contributed by atoms with Crippen LogP contribution in [0.2, 0.25) is 0 Å². The highest BCUT2D eigenvalue weighted by Crippen LogP contribution is 2.25. The van der Waals surface area contributed by atoms with Gasteiger partial charge in [-0.05, 0) is 31.5 Å². The molecule has 5 N–H and O–H groups in total. The predicted octanol–water partition coefficient (Wildman–Crippen LogP) is 0.588. The summed E-state index contributed by atoms with van der Waals surface area (Å²) in [6.07, 6.45) is 0.886. The maximum atomic E-state index is 11.6. The Bertz CT molecular complexity index is 654. The normalized spacial score (nSPS) is 13.4. The summed E-state index contributed by atoms with van der Waals surface area (Å²) in [5, 5.41) is 18.8. The molecule has 0 aliphatic rings. The minimum Gasteiger partial charge on any atom is -0.492 e. The molecular weight excluding hydrogens is 296 g/mol. The highest BCUT2D eigenvalue weighted by Gasteiger charge is 2.17. The fourth-order valence-corrected chi connectivity index (χ4v) is 2.08. The number of benzene rings is 1. The van der Waals surface area contributed by atoms with Gasteiger partial charge in [0.25, 0.3) is 0 Å². The van der Waals surface area contributed by atoms with Gasteiger partial charge in [0, 0.05) is 11.3 Å². The molecule has 2 aromatic rings. The van der Waals surface area contributed by atoms with Crippen LogP contribution in [-0.2, 0) is 4.79 Å². The van der Waals surface area contributed by atoms with Crippen molar-refractivity contribution in [3.8, 4) is 16.9 Å². The summed E-state index contributed by atoms with van der Waals surface area (Å²) < 4.78 is 5.63. The molecule has 0 aliphatic heterocycles. The number of aliphatic hydroxyl groups is 1. The van der Waals surface area contributed by atoms with E-state index in [-0.39, 0.29) is 0 Å². The van der Waals surface area contributed by atoms with Crippen LogP contribution in [0.25, 0.3) is 11.1 Å². The molecule has 0 unspecified atom stereocenters. The van der Waals surface area contributed by atoms with Crippen molar-refractivity contribution in [3.63, 3.8) is 0 Å². The number of nitrogens with two attached hydrogens (primary N) is 1. The highest BCUT2D eigenvalue weighted by atomic mass is 16.5. The number of nitrogens with zero attached hydrogens (tertiary/aromatic N) is 1. The van der Waals surface area contributed by atoms with E-state index in [9.17, 15) is 9.90 Å². The van der Waals surface area contributed by atoms with Crippen LogP contribution in [0.3, 0.4) is 0 Å². The molecule has 2 atom stereocenters. The molecule has 0 fully saturated rings. The number of H-pyrrole nitrogens is 1. The van der Waals surface area contributed by atoms with Gasteiger partial charge in [-0.15, -0.1) is 0 Å². The Morgan fingerprint density at radius 3 is 2.96 bits per heavy atom. The summed E-state index contributed by atoms with van der Waals surface area (Å²) in [4.78, 5) is 11.6. The first-order valence-corrected chi connectivity index (χ1v) is 7.43. The van der Waals surface area contributed by atoms with Crippen molar-refractivity contribution in [2.24, 2.45) is 5.73 Å². The number of hydrogen-bond acceptors (Lipinski definition) is 5. The third-order valence-corrected chi connectivity index (χ3v) is 3.47. The second-order valence-corrected chi connectivity index (χ2v) is 5.34. The summed E-state index contributed by atoms with van der Waals surface area (Å²) in [7, 11) is 0. The monoisotopic (exact) mass is 318 g/mol. The largest absolute Gasteiger partial charge is 0.492 e. The second-order valence-electron chi connectivity index (χ2n) is 5.34. The van der Waals surface area contributed by atoms with Gasteiger partial charge in [-0.2, -0.15) is 5.10 Å². The van der Waals surface area contributed by atoms with Gasteiger partial charge in [0.05, 0.1) is 18.8 Å². The molecule has 0 radical (unpaired) electrons. The molecule has 0 saturated heterocycles. The van der Waals surface area contributed by atoms with E-state index in [4.69, 9.17) is 10.5 Å². The Hall–Kier alpha value is -2.38. The summed E-state index contributed by atoms with van der Waals surface area (Å²) in [6, 6.07) is 6.72. The van der Waals surface area contributed by atoms with Crippen LogP contribution in [0.4, 0.5) is 0 Å². The van der Waals surface area contributed by atoms with Gasteiger partial charge in [0.15, 0.2) is 0 Å². The Labute approximate surface area is 134 Å². The Morgan fingerprint density at radius 2 is 2.30 bits per heavy atom. The number of carbonyl (C=O) groups excluding carboxylic acids is 1. The van der Waals surface area contributed by atoms with Crippen molar-refractivity contribution in [1.82, 2.24) is 15.5 Å². The van der Waals surface area contributed by atoms with Crippen LogP contribution in [0.5, 0.6) is 5.75 Å². The van der Waals surface area contributed by atoms with E-state index >= 15 is 0 Å². The van der Waals surface area contributed by atoms with Gasteiger partial charge in [0.2, 0.25) is 5.91 Å². The molecule has 7 nitrogen and oxygen atoms in total. The number of carbonyl (C=O) groups is 1. The van der Waals surface area contributed by atoms with Gasteiger partial charge >= 0.3 is 0 Å². The molecule has 0 spiro atoms. The maximum absolute atomic E-state index is 11.6. The van der Waals surface area contributed by atoms with Crippen molar-refractivity contribution in [2.45, 2.75) is 26.0 Å². The smallest absolute Gasteiger partial charge is 0.239 e. The lowest BCUT2D eigenvalue weighted by Crippen LogP contribution is -2.48. The molecule has 0 saturated carbocycles. The summed E-state index contributed by atoms with van der Waals surface area (Å²) in [5.74, 6) is 0.309. The van der Waals surface area contributed by atoms with Crippen LogP contribution in [-0.4, -0.2) is 46.5 Å². The lowest BCUT2D eigenvalue weighted by molar-refractivity contribution is -0.124. The predicted molar refractivity (Wildman–Crippen MR) is 86.9 cm³/mol. The number of nitrogens with one attached hydrogen (secondary N) is 2. The Balaban J connectivity index is 1.85. The number of aromatic nitrogens is 2. The molecule has 1 aromatic carbocycles. The van der Waals surface area contributed by atoms with E-state index in [0.717, 1.165) is 16.8 Å². The summed E-state index contributed by atoms with van der Waals surface area (Å²) >= 11 is 0. The number of aromatic amines is 1. The van der Waals surface area contributed by atoms with E-state index < -0.39 is 18.1 Å². The zero-order chi connectivity index (χ0) is 16.8. The molecule has 0 aliphatic carbocycles. The first-order chi connectivity index (χ1) is 11.0. The van der Waals surface area contributed by atoms with Gasteiger partial charge < -0.3 is 20.9 Å². The van der Waals surface area contributed by atoms with Crippen molar-refractivity contribution < 1.29 is 14.6 Å². The fraction of sp³-hybridized carbons (Fsp3) is 0.375. The lowest BCUT2D eigenvalue weighted by atomic mass is 10.1. The Morgan fingerprint density at radius 1 is 1.52 bits per heavy atom. The number of hydrogen-bond donors (Lipinski definition) is 4. The number of ether oxygens (including phenoxy) is 1. The molecule has 0 bridgehead atoms. The summed E-state index contributed by atoms with van der Waals surface area (Å²) in [5.41, 5.74) is 8.55. The third-order valence-electron chi connectivity index (χ3n) is 3.47. The van der Waals surface area contributed by atoms with Crippen LogP contribution >= 0.6 is 0 Å². The van der Waals surface area contributed by atoms with Crippen LogP contribution in [0.1, 0.15) is 12.6 Å². The first kappa shape index (κ1) is 17.0. The molecular formula is C16H22N4O3. The zero-order valence-corrected chi connectivity index (χ0v) is 13.2. The second kappa shape index (κ2) is 7.75. The fourth-order valence-electron chi connectivity index (χ4n) is 2.08. The Kier molecular flexibility index (Phi) is 5.72. The first-order valence-electron chi connectivity index (χ1n) is 7.43. The molecule has 23 heavy (non-hydrogen) atoms. The van der Waals surface area contributed by atoms with Gasteiger partial charge in [0.1, 0.15) is 18.4 Å². The van der Waals surface area contributed by atoms with Crippen molar-refractivity contribution in [3.05, 3.63) is 36.2 Å². The van der Waals surface area contributed by atoms with Gasteiger partial charge in [-0.3, -0.25) is 9.89 Å². The summed E-state index contributed by atoms with van der Waals surface area (Å²) in [6.45, 7) is 4.06. The van der Waals surface area contributed by atoms with Crippen LogP contribution in [0.15, 0.2) is 30.5 Å². The molecule has 1 aromatic heterocycles. The van der Waals surface area contributed by atoms with Crippen molar-refractivity contribution in [2.75, 3.05) is 13.2 Å². The molecule has 1 amide bonds. The van der Waals surface area contributed by atoms with Crippen LogP contribution in [0, 0.1) is 6.92 Å². The molecule has 1 heterocycles. The van der Waals surface area contributed by atoms with E-state index in [1.807, 2.05) is 31.2 Å². The number of aliphatic hydroxyl groups excluding tert-OH is 1. The standard InChI is InChI=1S/C16H22N4O3/c1-10-14(9-19-20-10)12-4-3-5-13(8-12)23-7-6-18-16(22)15(17)11(2)21/h3-5,8-9,11,15,21H,6-7,17H2,1-2H3,(H,18,22)(H,19,20)/t11-,15+/m0/s1. The van der Waals surface area contributed by atoms with Crippen LogP contribution < -0.4 is 15.8 Å². The van der Waals surface area contributed by atoms with E-state index in [1.165, 1.54) is 6.92 Å². The van der Waals surface area contributed by atoms with Crippen molar-refractivity contribution in [1.29, 1.82) is 0 Å². The molecule has 7 heteroatoms. The number of aryl methyl sites for hydroxylation is 1. The lowest BCUT2D eigenvalue weighted by Gasteiger charge is -2.14. The molecule has 124 valence electrons. The quantitative estimate of drug-likeness (QED) is 0.558. The number of rotatable bonds is 7. The third kappa shape index (κ3) is 4.54. The SMILES string of the molecule is Cc1[nH]ncc1-c1cccc(OCCNC(=O)[C@H](N)[C@H](C)O)c1. The van der Waals surface area contributed by atoms with E-state index in [1.54, 1.807) is 6.20 Å². The van der Waals surface area contributed by atoms with E-state index in [2.05, 4.69) is 15.5 Å². The number of amides is 1. The molecule has 2 rings (SSSR count). The zero-order valence-electron chi connectivity index (χ0n) is 13.2. The highest BCUT2D eigenvalue weighted by molar-refractivity contribution is 5.82. The average molecular weight is 318 g/mol. The van der Waals surface area contributed by atoms with E-state index in [0.29, 0.717) is 18.9 Å². The average Bonchev–Trinajstić information content (AvgIpc) is 2.97. The topological polar surface area (TPSA) is 113 Å². The van der Waals surface area contributed by atoms with Gasteiger partial charge in [-0.1, -0.05) is 12.1 Å². The van der Waals surface area contributed by atoms with Crippen molar-refractivity contribution >= 4 is 5.91 Å². The maximum Gasteiger partial charge on any atom is 0.239 e. The minimum atomic E-state index is -0.928. The minimum absolute atomic E-state index is 0.312.